The van der Waals surface area contributed by atoms with Crippen molar-refractivity contribution in [1.82, 2.24) is 0 Å². The molecule has 0 amide bonds. The minimum atomic E-state index is 0.122. The van der Waals surface area contributed by atoms with E-state index in [1.807, 2.05) is 12.1 Å². The lowest BCUT2D eigenvalue weighted by atomic mass is 10.0. The Kier molecular flexibility index (Phi) is 4.83. The maximum Gasteiger partial charge on any atom is 0.119 e. The van der Waals surface area contributed by atoms with E-state index in [1.54, 1.807) is 0 Å². The number of ether oxygens (including phenoxy) is 2. The van der Waals surface area contributed by atoms with Crippen LogP contribution in [0.4, 0.5) is 0 Å². The SMILES string of the molecule is CCC(N)c1ccc(OC2CC(C)OC(C)C2)cc1. The zero-order valence-corrected chi connectivity index (χ0v) is 12.1. The van der Waals surface area contributed by atoms with Gasteiger partial charge >= 0.3 is 0 Å². The first-order chi connectivity index (χ1) is 9.08. The molecule has 1 aromatic carbocycles. The Morgan fingerprint density at radius 2 is 1.79 bits per heavy atom. The molecule has 1 aromatic rings. The van der Waals surface area contributed by atoms with Crippen LogP contribution in [0.25, 0.3) is 0 Å². The summed E-state index contributed by atoms with van der Waals surface area (Å²) in [6.07, 6.45) is 3.68. The normalized spacial score (nSPS) is 28.9. The van der Waals surface area contributed by atoms with E-state index in [0.29, 0.717) is 0 Å². The maximum absolute atomic E-state index is 6.04. The molecule has 3 atom stereocenters. The maximum atomic E-state index is 6.04. The largest absolute Gasteiger partial charge is 0.490 e. The van der Waals surface area contributed by atoms with Gasteiger partial charge in [0.25, 0.3) is 0 Å². The minimum Gasteiger partial charge on any atom is -0.490 e. The minimum absolute atomic E-state index is 0.122. The molecule has 0 saturated carbocycles. The van der Waals surface area contributed by atoms with Crippen LogP contribution in [0, 0.1) is 0 Å². The highest BCUT2D eigenvalue weighted by molar-refractivity contribution is 5.29. The van der Waals surface area contributed by atoms with Crippen LogP contribution in [0.5, 0.6) is 5.75 Å². The monoisotopic (exact) mass is 263 g/mol. The second-order valence-electron chi connectivity index (χ2n) is 5.55. The molecule has 0 aromatic heterocycles. The van der Waals surface area contributed by atoms with Crippen molar-refractivity contribution in [2.75, 3.05) is 0 Å². The number of nitrogens with two attached hydrogens (primary N) is 1. The molecule has 0 radical (unpaired) electrons. The van der Waals surface area contributed by atoms with Crippen molar-refractivity contribution in [3.05, 3.63) is 29.8 Å². The van der Waals surface area contributed by atoms with Gasteiger partial charge in [-0.2, -0.15) is 0 Å². The van der Waals surface area contributed by atoms with Crippen molar-refractivity contribution in [3.63, 3.8) is 0 Å². The zero-order valence-electron chi connectivity index (χ0n) is 12.1. The first kappa shape index (κ1) is 14.4. The van der Waals surface area contributed by atoms with Crippen LogP contribution in [0.15, 0.2) is 24.3 Å². The molecule has 1 aliphatic heterocycles. The van der Waals surface area contributed by atoms with Crippen molar-refractivity contribution < 1.29 is 9.47 Å². The molecule has 106 valence electrons. The molecule has 3 heteroatoms. The van der Waals surface area contributed by atoms with Gasteiger partial charge in [-0.3, -0.25) is 0 Å². The summed E-state index contributed by atoms with van der Waals surface area (Å²) in [7, 11) is 0. The molecule has 1 saturated heterocycles. The fourth-order valence-electron chi connectivity index (χ4n) is 2.66. The van der Waals surface area contributed by atoms with E-state index in [0.717, 1.165) is 25.0 Å². The Morgan fingerprint density at radius 1 is 1.21 bits per heavy atom. The van der Waals surface area contributed by atoms with Crippen LogP contribution in [0.1, 0.15) is 51.6 Å². The molecule has 3 nitrogen and oxygen atoms in total. The Morgan fingerprint density at radius 3 is 2.32 bits per heavy atom. The molecule has 3 unspecified atom stereocenters. The van der Waals surface area contributed by atoms with Gasteiger partial charge < -0.3 is 15.2 Å². The second kappa shape index (κ2) is 6.40. The van der Waals surface area contributed by atoms with E-state index in [4.69, 9.17) is 15.2 Å². The van der Waals surface area contributed by atoms with Crippen LogP contribution < -0.4 is 10.5 Å². The highest BCUT2D eigenvalue weighted by atomic mass is 16.5. The summed E-state index contributed by atoms with van der Waals surface area (Å²) in [6, 6.07) is 8.30. The van der Waals surface area contributed by atoms with Crippen molar-refractivity contribution in [3.8, 4) is 5.75 Å². The number of hydrogen-bond donors (Lipinski definition) is 1. The van der Waals surface area contributed by atoms with Gasteiger partial charge in [-0.1, -0.05) is 19.1 Å². The summed E-state index contributed by atoms with van der Waals surface area (Å²) in [6.45, 7) is 6.31. The predicted octanol–water partition coefficient (Wildman–Crippen LogP) is 3.43. The fraction of sp³-hybridized carbons (Fsp3) is 0.625. The number of benzene rings is 1. The van der Waals surface area contributed by atoms with Crippen LogP contribution in [0.2, 0.25) is 0 Å². The third-order valence-corrected chi connectivity index (χ3v) is 3.71. The molecule has 1 aliphatic rings. The summed E-state index contributed by atoms with van der Waals surface area (Å²) >= 11 is 0. The molecule has 0 spiro atoms. The summed E-state index contributed by atoms with van der Waals surface area (Å²) in [5.74, 6) is 0.929. The van der Waals surface area contributed by atoms with Gasteiger partial charge in [-0.05, 0) is 38.0 Å². The smallest absolute Gasteiger partial charge is 0.119 e. The third-order valence-electron chi connectivity index (χ3n) is 3.71. The summed E-state index contributed by atoms with van der Waals surface area (Å²) in [5.41, 5.74) is 7.18. The van der Waals surface area contributed by atoms with E-state index in [2.05, 4.69) is 32.9 Å². The van der Waals surface area contributed by atoms with Crippen molar-refractivity contribution >= 4 is 0 Å². The van der Waals surface area contributed by atoms with Crippen LogP contribution in [-0.4, -0.2) is 18.3 Å². The van der Waals surface area contributed by atoms with Crippen LogP contribution in [0.3, 0.4) is 0 Å². The highest BCUT2D eigenvalue weighted by Gasteiger charge is 2.25. The third kappa shape index (κ3) is 3.95. The molecule has 1 fully saturated rings. The second-order valence-corrected chi connectivity index (χ2v) is 5.55. The molecule has 1 heterocycles. The van der Waals surface area contributed by atoms with Gasteiger partial charge in [-0.15, -0.1) is 0 Å². The standard InChI is InChI=1S/C16H25NO2/c1-4-16(17)13-5-7-14(8-6-13)19-15-9-11(2)18-12(3)10-15/h5-8,11-12,15-16H,4,9-10,17H2,1-3H3. The first-order valence-corrected chi connectivity index (χ1v) is 7.26. The Bertz CT molecular complexity index is 380. The molecular formula is C16H25NO2. The molecule has 19 heavy (non-hydrogen) atoms. The molecule has 0 bridgehead atoms. The lowest BCUT2D eigenvalue weighted by molar-refractivity contribution is -0.0721. The Balaban J connectivity index is 1.95. The van der Waals surface area contributed by atoms with E-state index in [1.165, 1.54) is 5.56 Å². The first-order valence-electron chi connectivity index (χ1n) is 7.26. The number of hydrogen-bond acceptors (Lipinski definition) is 3. The quantitative estimate of drug-likeness (QED) is 0.905. The van der Waals surface area contributed by atoms with E-state index >= 15 is 0 Å². The van der Waals surface area contributed by atoms with Gasteiger partial charge in [0.1, 0.15) is 11.9 Å². The molecular weight excluding hydrogens is 238 g/mol. The zero-order chi connectivity index (χ0) is 13.8. The van der Waals surface area contributed by atoms with Gasteiger partial charge in [0.15, 0.2) is 0 Å². The van der Waals surface area contributed by atoms with Crippen molar-refractivity contribution in [2.45, 2.75) is 64.4 Å². The van der Waals surface area contributed by atoms with Gasteiger partial charge in [0.05, 0.1) is 12.2 Å². The van der Waals surface area contributed by atoms with E-state index < -0.39 is 0 Å². The average Bonchev–Trinajstić information content (AvgIpc) is 2.37. The summed E-state index contributed by atoms with van der Waals surface area (Å²) in [5, 5.41) is 0. The van der Waals surface area contributed by atoms with Crippen LogP contribution >= 0.6 is 0 Å². The van der Waals surface area contributed by atoms with Gasteiger partial charge in [0, 0.05) is 18.9 Å². The van der Waals surface area contributed by atoms with Gasteiger partial charge in [0.2, 0.25) is 0 Å². The van der Waals surface area contributed by atoms with Crippen molar-refractivity contribution in [1.29, 1.82) is 0 Å². The highest BCUT2D eigenvalue weighted by Crippen LogP contribution is 2.25. The van der Waals surface area contributed by atoms with E-state index in [9.17, 15) is 0 Å². The lowest BCUT2D eigenvalue weighted by Gasteiger charge is -2.32. The average molecular weight is 263 g/mol. The lowest BCUT2D eigenvalue weighted by Crippen LogP contribution is -2.35. The molecule has 2 rings (SSSR count). The van der Waals surface area contributed by atoms with E-state index in [-0.39, 0.29) is 24.4 Å². The summed E-state index contributed by atoms with van der Waals surface area (Å²) in [4.78, 5) is 0. The topological polar surface area (TPSA) is 44.5 Å². The van der Waals surface area contributed by atoms with Gasteiger partial charge in [-0.25, -0.2) is 0 Å². The predicted molar refractivity (Wildman–Crippen MR) is 77.3 cm³/mol. The Labute approximate surface area is 116 Å². The fourth-order valence-corrected chi connectivity index (χ4v) is 2.66. The van der Waals surface area contributed by atoms with Crippen LogP contribution in [-0.2, 0) is 4.74 Å². The molecule has 0 aliphatic carbocycles. The summed E-state index contributed by atoms with van der Waals surface area (Å²) < 4.78 is 11.8. The van der Waals surface area contributed by atoms with Crippen molar-refractivity contribution in [2.24, 2.45) is 5.73 Å². The number of rotatable bonds is 4. The molecule has 2 N–H and O–H groups in total. The Hall–Kier alpha value is -1.06.